The van der Waals surface area contributed by atoms with Gasteiger partial charge in [0.2, 0.25) is 0 Å². The lowest BCUT2D eigenvalue weighted by molar-refractivity contribution is -0.109. The highest BCUT2D eigenvalue weighted by molar-refractivity contribution is 8.14. The lowest BCUT2D eigenvalue weighted by Crippen LogP contribution is -2.13. The zero-order valence-corrected chi connectivity index (χ0v) is 19.7. The number of nitrogens with one attached hydrogen (secondary N) is 1. The number of carbonyl (C=O) groups is 2. The maximum atomic E-state index is 12.7. The Kier molecular flexibility index (Phi) is 8.62. The van der Waals surface area contributed by atoms with Gasteiger partial charge >= 0.3 is 0 Å². The molecule has 1 N–H and O–H groups in total. The van der Waals surface area contributed by atoms with E-state index in [-0.39, 0.29) is 21.5 Å². The van der Waals surface area contributed by atoms with Crippen LogP contribution in [0.4, 0.5) is 5.69 Å². The lowest BCUT2D eigenvalue weighted by atomic mass is 10.1. The van der Waals surface area contributed by atoms with Crippen molar-refractivity contribution in [2.45, 2.75) is 24.7 Å². The zero-order valence-electron chi connectivity index (χ0n) is 18.1. The van der Waals surface area contributed by atoms with Crippen LogP contribution in [0.3, 0.4) is 0 Å². The maximum Gasteiger partial charge on any atom is 0.261 e. The van der Waals surface area contributed by atoms with E-state index in [1.165, 1.54) is 43.3 Å². The first-order chi connectivity index (χ1) is 15.8. The number of benzene rings is 2. The molecule has 0 spiro atoms. The number of nitrogens with zero attached hydrogens (tertiary/aromatic N) is 1. The summed E-state index contributed by atoms with van der Waals surface area (Å²) in [4.78, 5) is 27.4. The molecule has 33 heavy (non-hydrogen) atoms. The molecule has 0 unspecified atom stereocenters. The van der Waals surface area contributed by atoms with Gasteiger partial charge in [-0.2, -0.15) is 0 Å². The largest absolute Gasteiger partial charge is 0.494 e. The Morgan fingerprint density at radius 3 is 2.36 bits per heavy atom. The molecule has 3 aromatic rings. The fraction of sp³-hybridized carbons (Fsp3) is 0.208. The Hall–Kier alpha value is -3.17. The van der Waals surface area contributed by atoms with Crippen LogP contribution in [0.1, 0.15) is 29.4 Å². The molecule has 7 nitrogen and oxygen atoms in total. The number of aromatic nitrogens is 1. The van der Waals surface area contributed by atoms with Crippen LogP contribution in [0, 0.1) is 0 Å². The molecule has 0 amide bonds. The van der Waals surface area contributed by atoms with Gasteiger partial charge in [0.05, 0.1) is 17.3 Å². The first-order valence-electron chi connectivity index (χ1n) is 10.3. The van der Waals surface area contributed by atoms with E-state index in [1.54, 1.807) is 18.3 Å². The van der Waals surface area contributed by atoms with E-state index in [4.69, 9.17) is 4.74 Å². The minimum Gasteiger partial charge on any atom is -0.494 e. The molecule has 0 aliphatic heterocycles. The highest BCUT2D eigenvalue weighted by atomic mass is 32.2. The van der Waals surface area contributed by atoms with Crippen molar-refractivity contribution < 1.29 is 22.7 Å². The van der Waals surface area contributed by atoms with Crippen molar-refractivity contribution >= 4 is 38.4 Å². The molecule has 0 saturated carbocycles. The predicted octanol–water partition coefficient (Wildman–Crippen LogP) is 4.36. The van der Waals surface area contributed by atoms with E-state index < -0.39 is 10.0 Å². The van der Waals surface area contributed by atoms with Gasteiger partial charge in [-0.3, -0.25) is 19.3 Å². The van der Waals surface area contributed by atoms with Crippen LogP contribution in [0.5, 0.6) is 5.75 Å². The summed E-state index contributed by atoms with van der Waals surface area (Å²) in [5.74, 6) is 0.444. The van der Waals surface area contributed by atoms with Crippen molar-refractivity contribution in [3.05, 3.63) is 84.2 Å². The van der Waals surface area contributed by atoms with Gasteiger partial charge in [0, 0.05) is 30.1 Å². The van der Waals surface area contributed by atoms with Gasteiger partial charge in [-0.05, 0) is 73.5 Å². The number of thioether (sulfide) groups is 1. The SMILES string of the molecule is CC(=O)SCC(=O)c1ccc(NS(=O)(=O)c2ccc(OCCCc3ccccn3)cc2)cc1. The average molecular weight is 485 g/mol. The molecule has 0 saturated heterocycles. The molecule has 1 aromatic heterocycles. The Morgan fingerprint density at radius 2 is 1.73 bits per heavy atom. The molecular formula is C24H24N2O5S2. The van der Waals surface area contributed by atoms with Crippen LogP contribution in [0.2, 0.25) is 0 Å². The number of carbonyl (C=O) groups excluding carboxylic acids is 2. The number of Topliss-reactive ketones (excluding diaryl/α,β-unsaturated/α-hetero) is 1. The number of aryl methyl sites for hydroxylation is 1. The molecular weight excluding hydrogens is 460 g/mol. The van der Waals surface area contributed by atoms with E-state index >= 15 is 0 Å². The van der Waals surface area contributed by atoms with Crippen molar-refractivity contribution in [2.24, 2.45) is 0 Å². The molecule has 0 aliphatic rings. The quantitative estimate of drug-likeness (QED) is 0.319. The van der Waals surface area contributed by atoms with Gasteiger partial charge in [0.1, 0.15) is 5.75 Å². The van der Waals surface area contributed by atoms with Crippen molar-refractivity contribution in [3.8, 4) is 5.75 Å². The number of hydrogen-bond donors (Lipinski definition) is 1. The van der Waals surface area contributed by atoms with Crippen LogP contribution < -0.4 is 9.46 Å². The van der Waals surface area contributed by atoms with E-state index in [1.807, 2.05) is 18.2 Å². The molecule has 0 aliphatic carbocycles. The minimum absolute atomic E-state index is 0.0535. The first kappa shape index (κ1) is 24.5. The van der Waals surface area contributed by atoms with E-state index in [9.17, 15) is 18.0 Å². The molecule has 0 bridgehead atoms. The van der Waals surface area contributed by atoms with Crippen molar-refractivity contribution in [2.75, 3.05) is 17.1 Å². The Morgan fingerprint density at radius 1 is 1.00 bits per heavy atom. The van der Waals surface area contributed by atoms with Crippen molar-refractivity contribution in [3.63, 3.8) is 0 Å². The smallest absolute Gasteiger partial charge is 0.261 e. The molecule has 0 atom stereocenters. The number of anilines is 1. The van der Waals surface area contributed by atoms with Gasteiger partial charge in [0.25, 0.3) is 10.0 Å². The number of rotatable bonds is 11. The Bertz CT molecular complexity index is 1180. The predicted molar refractivity (Wildman–Crippen MR) is 129 cm³/mol. The van der Waals surface area contributed by atoms with E-state index in [2.05, 4.69) is 9.71 Å². The number of ketones is 1. The summed E-state index contributed by atoms with van der Waals surface area (Å²) in [5, 5.41) is -0.131. The van der Waals surface area contributed by atoms with Crippen LogP contribution >= 0.6 is 11.8 Å². The standard InChI is InChI=1S/C24H24N2O5S2/c1-18(27)32-17-24(28)19-7-9-21(10-8-19)26-33(29,30)23-13-11-22(12-14-23)31-16-4-6-20-5-2-3-15-25-20/h2-3,5,7-15,26H,4,6,16-17H2,1H3. The molecule has 3 rings (SSSR count). The molecule has 0 fully saturated rings. The number of sulfonamides is 1. The van der Waals surface area contributed by atoms with E-state index in [0.717, 1.165) is 30.3 Å². The molecule has 0 radical (unpaired) electrons. The highest BCUT2D eigenvalue weighted by Gasteiger charge is 2.15. The van der Waals surface area contributed by atoms with Crippen molar-refractivity contribution in [1.82, 2.24) is 4.98 Å². The normalized spacial score (nSPS) is 11.1. The average Bonchev–Trinajstić information content (AvgIpc) is 2.81. The Balaban J connectivity index is 1.52. The third-order valence-corrected chi connectivity index (χ3v) is 6.78. The van der Waals surface area contributed by atoms with Crippen LogP contribution in [0.25, 0.3) is 0 Å². The van der Waals surface area contributed by atoms with Crippen LogP contribution in [0.15, 0.2) is 77.8 Å². The molecule has 1 heterocycles. The minimum atomic E-state index is -3.79. The fourth-order valence-electron chi connectivity index (χ4n) is 2.89. The van der Waals surface area contributed by atoms with Gasteiger partial charge < -0.3 is 4.74 Å². The summed E-state index contributed by atoms with van der Waals surface area (Å²) in [5.41, 5.74) is 1.75. The van der Waals surface area contributed by atoms with Gasteiger partial charge in [-0.15, -0.1) is 0 Å². The Labute approximate surface area is 197 Å². The number of pyridine rings is 1. The number of hydrogen-bond acceptors (Lipinski definition) is 7. The van der Waals surface area contributed by atoms with Gasteiger partial charge in [-0.1, -0.05) is 17.8 Å². The summed E-state index contributed by atoms with van der Waals surface area (Å²) in [6, 6.07) is 18.1. The summed E-state index contributed by atoms with van der Waals surface area (Å²) in [6.45, 7) is 1.90. The molecule has 2 aromatic carbocycles. The van der Waals surface area contributed by atoms with Gasteiger partial charge in [0.15, 0.2) is 10.9 Å². The first-order valence-corrected chi connectivity index (χ1v) is 12.7. The lowest BCUT2D eigenvalue weighted by Gasteiger charge is -2.10. The van der Waals surface area contributed by atoms with E-state index in [0.29, 0.717) is 23.6 Å². The van der Waals surface area contributed by atoms with Crippen molar-refractivity contribution in [1.29, 1.82) is 0 Å². The maximum absolute atomic E-state index is 12.7. The second kappa shape index (κ2) is 11.6. The molecule has 172 valence electrons. The third-order valence-electron chi connectivity index (χ3n) is 4.57. The summed E-state index contributed by atoms with van der Waals surface area (Å²) in [7, 11) is -3.79. The second-order valence-electron chi connectivity index (χ2n) is 7.13. The zero-order chi connectivity index (χ0) is 23.7. The van der Waals surface area contributed by atoms with Crippen LogP contribution in [-0.2, 0) is 21.2 Å². The summed E-state index contributed by atoms with van der Waals surface area (Å²) < 4.78 is 33.5. The topological polar surface area (TPSA) is 102 Å². The monoisotopic (exact) mass is 484 g/mol. The second-order valence-corrected chi connectivity index (χ2v) is 9.97. The summed E-state index contributed by atoms with van der Waals surface area (Å²) >= 11 is 0.939. The molecule has 9 heteroatoms. The highest BCUT2D eigenvalue weighted by Crippen LogP contribution is 2.20. The summed E-state index contributed by atoms with van der Waals surface area (Å²) in [6.07, 6.45) is 3.36. The van der Waals surface area contributed by atoms with Gasteiger partial charge in [-0.25, -0.2) is 8.42 Å². The number of ether oxygens (including phenoxy) is 1. The fourth-order valence-corrected chi connectivity index (χ4v) is 4.45. The van der Waals surface area contributed by atoms with Crippen LogP contribution in [-0.4, -0.2) is 36.7 Å². The third kappa shape index (κ3) is 7.73.